The number of rotatable bonds is 7. The summed E-state index contributed by atoms with van der Waals surface area (Å²) in [6.45, 7) is 0.816. The first-order chi connectivity index (χ1) is 14.7. The van der Waals surface area contributed by atoms with Crippen molar-refractivity contribution in [1.29, 1.82) is 5.26 Å². The van der Waals surface area contributed by atoms with Gasteiger partial charge >= 0.3 is 0 Å². The van der Waals surface area contributed by atoms with Gasteiger partial charge in [0.1, 0.15) is 12.4 Å². The maximum atomic E-state index is 12.5. The van der Waals surface area contributed by atoms with Gasteiger partial charge in [0.05, 0.1) is 11.6 Å². The highest BCUT2D eigenvalue weighted by molar-refractivity contribution is 5.94. The second-order valence-corrected chi connectivity index (χ2v) is 6.95. The second kappa shape index (κ2) is 8.97. The SMILES string of the molecule is N#Cc1ccccc1COc1cccc(C(=O)NCCc2c[nH]c3ccccc23)c1. The molecule has 3 aromatic carbocycles. The number of carbonyl (C=O) groups excluding carboxylic acids is 1. The number of nitrogens with zero attached hydrogens (tertiary/aromatic N) is 1. The molecule has 1 aromatic heterocycles. The van der Waals surface area contributed by atoms with E-state index in [4.69, 9.17) is 4.74 Å². The highest BCUT2D eigenvalue weighted by atomic mass is 16.5. The van der Waals surface area contributed by atoms with Crippen molar-refractivity contribution in [2.45, 2.75) is 13.0 Å². The number of aromatic amines is 1. The van der Waals surface area contributed by atoms with E-state index in [1.165, 1.54) is 10.9 Å². The normalized spacial score (nSPS) is 10.5. The molecule has 148 valence electrons. The van der Waals surface area contributed by atoms with Crippen molar-refractivity contribution < 1.29 is 9.53 Å². The van der Waals surface area contributed by atoms with Crippen LogP contribution in [0.2, 0.25) is 0 Å². The van der Waals surface area contributed by atoms with Crippen LogP contribution in [0.15, 0.2) is 79.0 Å². The van der Waals surface area contributed by atoms with Crippen molar-refractivity contribution in [2.75, 3.05) is 6.54 Å². The van der Waals surface area contributed by atoms with E-state index in [-0.39, 0.29) is 12.5 Å². The average Bonchev–Trinajstić information content (AvgIpc) is 3.21. The average molecular weight is 395 g/mol. The van der Waals surface area contributed by atoms with E-state index in [0.717, 1.165) is 17.5 Å². The number of nitriles is 1. The Morgan fingerprint density at radius 1 is 1.00 bits per heavy atom. The fraction of sp³-hybridized carbons (Fsp3) is 0.120. The Morgan fingerprint density at radius 3 is 2.73 bits per heavy atom. The van der Waals surface area contributed by atoms with Crippen molar-refractivity contribution >= 4 is 16.8 Å². The van der Waals surface area contributed by atoms with E-state index >= 15 is 0 Å². The molecule has 4 aromatic rings. The predicted molar refractivity (Wildman–Crippen MR) is 116 cm³/mol. The predicted octanol–water partition coefficient (Wildman–Crippen LogP) is 4.59. The van der Waals surface area contributed by atoms with Crippen LogP contribution in [0, 0.1) is 11.3 Å². The van der Waals surface area contributed by atoms with Crippen molar-refractivity contribution in [3.05, 3.63) is 101 Å². The molecule has 0 saturated heterocycles. The van der Waals surface area contributed by atoms with Gasteiger partial charge in [0.15, 0.2) is 0 Å². The molecule has 0 aliphatic rings. The van der Waals surface area contributed by atoms with E-state index in [1.54, 1.807) is 30.3 Å². The number of hydrogen-bond acceptors (Lipinski definition) is 3. The van der Waals surface area contributed by atoms with Crippen LogP contribution in [0.1, 0.15) is 27.0 Å². The van der Waals surface area contributed by atoms with E-state index < -0.39 is 0 Å². The minimum absolute atomic E-state index is 0.141. The van der Waals surface area contributed by atoms with Gasteiger partial charge in [-0.2, -0.15) is 5.26 Å². The molecule has 0 aliphatic carbocycles. The van der Waals surface area contributed by atoms with Crippen LogP contribution in [-0.4, -0.2) is 17.4 Å². The van der Waals surface area contributed by atoms with Crippen LogP contribution < -0.4 is 10.1 Å². The van der Waals surface area contributed by atoms with Gasteiger partial charge in [-0.15, -0.1) is 0 Å². The summed E-state index contributed by atoms with van der Waals surface area (Å²) in [5, 5.41) is 13.3. The number of H-pyrrole nitrogens is 1. The van der Waals surface area contributed by atoms with Crippen molar-refractivity contribution in [3.8, 4) is 11.8 Å². The zero-order valence-electron chi connectivity index (χ0n) is 16.4. The number of para-hydroxylation sites is 1. The smallest absolute Gasteiger partial charge is 0.251 e. The molecule has 1 heterocycles. The summed E-state index contributed by atoms with van der Waals surface area (Å²) in [6.07, 6.45) is 2.74. The molecular formula is C25H21N3O2. The molecule has 0 atom stereocenters. The van der Waals surface area contributed by atoms with Gasteiger partial charge in [-0.1, -0.05) is 42.5 Å². The van der Waals surface area contributed by atoms with Gasteiger partial charge in [0.2, 0.25) is 0 Å². The lowest BCUT2D eigenvalue weighted by molar-refractivity contribution is 0.0953. The molecule has 0 saturated carbocycles. The zero-order valence-corrected chi connectivity index (χ0v) is 16.4. The molecule has 5 nitrogen and oxygen atoms in total. The maximum Gasteiger partial charge on any atom is 0.251 e. The van der Waals surface area contributed by atoms with Crippen LogP contribution in [0.25, 0.3) is 10.9 Å². The zero-order chi connectivity index (χ0) is 20.8. The number of carbonyl (C=O) groups is 1. The molecule has 0 radical (unpaired) electrons. The summed E-state index contributed by atoms with van der Waals surface area (Å²) in [4.78, 5) is 15.8. The second-order valence-electron chi connectivity index (χ2n) is 6.95. The quantitative estimate of drug-likeness (QED) is 0.480. The van der Waals surface area contributed by atoms with Gasteiger partial charge < -0.3 is 15.0 Å². The van der Waals surface area contributed by atoms with Crippen molar-refractivity contribution in [1.82, 2.24) is 10.3 Å². The molecule has 0 bridgehead atoms. The lowest BCUT2D eigenvalue weighted by atomic mass is 10.1. The molecule has 4 rings (SSSR count). The first-order valence-electron chi connectivity index (χ1n) is 9.78. The first kappa shape index (κ1) is 19.3. The standard InChI is InChI=1S/C25H21N3O2/c26-15-19-6-1-2-7-21(19)17-30-22-9-5-8-18(14-22)25(29)27-13-12-20-16-28-24-11-4-3-10-23(20)24/h1-11,14,16,28H,12-13,17H2,(H,27,29). The van der Waals surface area contributed by atoms with Crippen molar-refractivity contribution in [3.63, 3.8) is 0 Å². The van der Waals surface area contributed by atoms with Gasteiger partial charge in [-0.05, 0) is 42.3 Å². The molecule has 2 N–H and O–H groups in total. The monoisotopic (exact) mass is 395 g/mol. The number of amides is 1. The lowest BCUT2D eigenvalue weighted by Gasteiger charge is -2.10. The van der Waals surface area contributed by atoms with Crippen LogP contribution in [0.4, 0.5) is 0 Å². The van der Waals surface area contributed by atoms with Gasteiger partial charge in [0, 0.05) is 34.8 Å². The Hall–Kier alpha value is -4.04. The van der Waals surface area contributed by atoms with Crippen molar-refractivity contribution in [2.24, 2.45) is 0 Å². The molecule has 0 aliphatic heterocycles. The molecule has 0 spiro atoms. The van der Waals surface area contributed by atoms with Crippen LogP contribution in [0.3, 0.4) is 0 Å². The fourth-order valence-electron chi connectivity index (χ4n) is 3.39. The maximum absolute atomic E-state index is 12.5. The molecular weight excluding hydrogens is 374 g/mol. The Morgan fingerprint density at radius 2 is 1.83 bits per heavy atom. The molecule has 5 heteroatoms. The van der Waals surface area contributed by atoms with Crippen LogP contribution >= 0.6 is 0 Å². The van der Waals surface area contributed by atoms with Crippen LogP contribution in [-0.2, 0) is 13.0 Å². The topological polar surface area (TPSA) is 77.9 Å². The highest BCUT2D eigenvalue weighted by Crippen LogP contribution is 2.19. The number of fused-ring (bicyclic) bond motifs is 1. The number of hydrogen-bond donors (Lipinski definition) is 2. The summed E-state index contributed by atoms with van der Waals surface area (Å²) in [6, 6.07) is 24.7. The van der Waals surface area contributed by atoms with Crippen LogP contribution in [0.5, 0.6) is 5.75 Å². The first-order valence-corrected chi connectivity index (χ1v) is 9.78. The summed E-state index contributed by atoms with van der Waals surface area (Å²) < 4.78 is 5.80. The Labute approximate surface area is 174 Å². The molecule has 0 fully saturated rings. The van der Waals surface area contributed by atoms with E-state index in [9.17, 15) is 10.1 Å². The fourth-order valence-corrected chi connectivity index (χ4v) is 3.39. The third-order valence-corrected chi connectivity index (χ3v) is 4.98. The summed E-state index contributed by atoms with van der Waals surface area (Å²) in [7, 11) is 0. The van der Waals surface area contributed by atoms with Gasteiger partial charge in [-0.25, -0.2) is 0 Å². The Balaban J connectivity index is 1.35. The summed E-state index contributed by atoms with van der Waals surface area (Å²) >= 11 is 0. The third-order valence-electron chi connectivity index (χ3n) is 4.98. The lowest BCUT2D eigenvalue weighted by Crippen LogP contribution is -2.25. The minimum atomic E-state index is -0.141. The van der Waals surface area contributed by atoms with E-state index in [2.05, 4.69) is 22.4 Å². The minimum Gasteiger partial charge on any atom is -0.489 e. The van der Waals surface area contributed by atoms with Gasteiger partial charge in [-0.3, -0.25) is 4.79 Å². The number of ether oxygens (including phenoxy) is 1. The Bertz CT molecular complexity index is 1220. The van der Waals surface area contributed by atoms with E-state index in [1.807, 2.05) is 42.6 Å². The summed E-state index contributed by atoms with van der Waals surface area (Å²) in [5.41, 5.74) is 4.22. The third kappa shape index (κ3) is 4.34. The number of nitrogens with one attached hydrogen (secondary N) is 2. The highest BCUT2D eigenvalue weighted by Gasteiger charge is 2.09. The molecule has 30 heavy (non-hydrogen) atoms. The molecule has 0 unspecified atom stereocenters. The molecule has 1 amide bonds. The number of aromatic nitrogens is 1. The Kier molecular flexibility index (Phi) is 5.77. The largest absolute Gasteiger partial charge is 0.489 e. The summed E-state index contributed by atoms with van der Waals surface area (Å²) in [5.74, 6) is 0.449. The van der Waals surface area contributed by atoms with Gasteiger partial charge in [0.25, 0.3) is 5.91 Å². The van der Waals surface area contributed by atoms with E-state index in [0.29, 0.717) is 23.4 Å². The number of benzene rings is 3.